The summed E-state index contributed by atoms with van der Waals surface area (Å²) in [5, 5.41) is 5.74. The zero-order valence-electron chi connectivity index (χ0n) is 11.7. The molecule has 1 N–H and O–H groups in total. The molecule has 2 unspecified atom stereocenters. The van der Waals surface area contributed by atoms with E-state index in [-0.39, 0.29) is 0 Å². The highest BCUT2D eigenvalue weighted by atomic mass is 79.9. The smallest absolute Gasteiger partial charge is 0.0701 e. The van der Waals surface area contributed by atoms with Crippen LogP contribution in [0.4, 0.5) is 0 Å². The number of thiophene rings is 1. The number of ether oxygens (including phenoxy) is 1. The number of hydrogen-bond acceptors (Lipinski definition) is 4. The van der Waals surface area contributed by atoms with E-state index < -0.39 is 0 Å². The molecule has 1 fully saturated rings. The standard InChI is InChI=1S/C14H23BrN2OS/c1-11(7-16-8-13-4-3-5-18-13)17(2)9-12-6-14(15)19-10-12/h6,10-11,13,16H,3-5,7-9H2,1-2H3. The van der Waals surface area contributed by atoms with Gasteiger partial charge in [-0.3, -0.25) is 4.90 Å². The second-order valence-electron chi connectivity index (χ2n) is 5.32. The van der Waals surface area contributed by atoms with Gasteiger partial charge in [0, 0.05) is 32.3 Å². The molecule has 108 valence electrons. The third-order valence-corrected chi connectivity index (χ3v) is 5.20. The van der Waals surface area contributed by atoms with Crippen LogP contribution < -0.4 is 5.32 Å². The number of likely N-dealkylation sites (N-methyl/N-ethyl adjacent to an activating group) is 1. The molecular weight excluding hydrogens is 324 g/mol. The molecule has 1 aliphatic heterocycles. The van der Waals surface area contributed by atoms with Crippen LogP contribution in [-0.4, -0.2) is 43.8 Å². The van der Waals surface area contributed by atoms with Crippen LogP contribution in [-0.2, 0) is 11.3 Å². The number of halogens is 1. The van der Waals surface area contributed by atoms with E-state index in [1.165, 1.54) is 22.2 Å². The lowest BCUT2D eigenvalue weighted by molar-refractivity contribution is 0.108. The number of nitrogens with zero attached hydrogens (tertiary/aromatic N) is 1. The second-order valence-corrected chi connectivity index (χ2v) is 7.61. The fraction of sp³-hybridized carbons (Fsp3) is 0.714. The predicted molar refractivity (Wildman–Crippen MR) is 84.8 cm³/mol. The Balaban J connectivity index is 1.65. The second kappa shape index (κ2) is 7.74. The monoisotopic (exact) mass is 346 g/mol. The van der Waals surface area contributed by atoms with E-state index in [0.717, 1.165) is 26.2 Å². The van der Waals surface area contributed by atoms with E-state index in [2.05, 4.69) is 51.6 Å². The highest BCUT2D eigenvalue weighted by Gasteiger charge is 2.16. The van der Waals surface area contributed by atoms with Crippen molar-refractivity contribution in [1.29, 1.82) is 0 Å². The summed E-state index contributed by atoms with van der Waals surface area (Å²) in [7, 11) is 2.18. The number of nitrogens with one attached hydrogen (secondary N) is 1. The summed E-state index contributed by atoms with van der Waals surface area (Å²) in [5.74, 6) is 0. The molecule has 3 nitrogen and oxygen atoms in total. The van der Waals surface area contributed by atoms with Crippen LogP contribution in [0.25, 0.3) is 0 Å². The minimum absolute atomic E-state index is 0.435. The van der Waals surface area contributed by atoms with Crippen molar-refractivity contribution in [2.24, 2.45) is 0 Å². The highest BCUT2D eigenvalue weighted by Crippen LogP contribution is 2.21. The van der Waals surface area contributed by atoms with Crippen molar-refractivity contribution >= 4 is 27.3 Å². The molecule has 0 spiro atoms. The molecule has 0 saturated carbocycles. The van der Waals surface area contributed by atoms with Crippen LogP contribution in [0, 0.1) is 0 Å². The van der Waals surface area contributed by atoms with Gasteiger partial charge in [0.15, 0.2) is 0 Å². The van der Waals surface area contributed by atoms with Crippen LogP contribution in [0.3, 0.4) is 0 Å². The summed E-state index contributed by atoms with van der Waals surface area (Å²) in [4.78, 5) is 2.39. The van der Waals surface area contributed by atoms with Crippen molar-refractivity contribution in [3.63, 3.8) is 0 Å². The topological polar surface area (TPSA) is 24.5 Å². The molecule has 1 saturated heterocycles. The van der Waals surface area contributed by atoms with Crippen molar-refractivity contribution in [3.05, 3.63) is 20.8 Å². The van der Waals surface area contributed by atoms with Gasteiger partial charge in [0.05, 0.1) is 9.89 Å². The first-order valence-electron chi connectivity index (χ1n) is 6.90. The van der Waals surface area contributed by atoms with E-state index in [0.29, 0.717) is 12.1 Å². The molecular formula is C14H23BrN2OS. The van der Waals surface area contributed by atoms with Gasteiger partial charge < -0.3 is 10.1 Å². The molecule has 2 rings (SSSR count). The van der Waals surface area contributed by atoms with Gasteiger partial charge in [-0.2, -0.15) is 0 Å². The fourth-order valence-corrected chi connectivity index (χ4v) is 3.49. The molecule has 5 heteroatoms. The van der Waals surface area contributed by atoms with Crippen LogP contribution >= 0.6 is 27.3 Å². The molecule has 0 radical (unpaired) electrons. The van der Waals surface area contributed by atoms with Crippen LogP contribution in [0.5, 0.6) is 0 Å². The highest BCUT2D eigenvalue weighted by molar-refractivity contribution is 9.11. The number of rotatable bonds is 7. The van der Waals surface area contributed by atoms with E-state index in [1.807, 2.05) is 0 Å². The third kappa shape index (κ3) is 5.16. The van der Waals surface area contributed by atoms with Crippen LogP contribution in [0.15, 0.2) is 15.2 Å². The molecule has 0 aliphatic carbocycles. The maximum Gasteiger partial charge on any atom is 0.0701 e. The van der Waals surface area contributed by atoms with Crippen molar-refractivity contribution in [2.75, 3.05) is 26.7 Å². The Hall–Kier alpha value is 0.0600. The average Bonchev–Trinajstić information content (AvgIpc) is 3.01. The minimum atomic E-state index is 0.435. The van der Waals surface area contributed by atoms with Crippen LogP contribution in [0.2, 0.25) is 0 Å². The van der Waals surface area contributed by atoms with Gasteiger partial charge in [-0.25, -0.2) is 0 Å². The summed E-state index contributed by atoms with van der Waals surface area (Å²) >= 11 is 5.26. The van der Waals surface area contributed by atoms with E-state index in [9.17, 15) is 0 Å². The molecule has 1 aliphatic rings. The maximum absolute atomic E-state index is 5.61. The lowest BCUT2D eigenvalue weighted by Gasteiger charge is -2.25. The summed E-state index contributed by atoms with van der Waals surface area (Å²) in [5.41, 5.74) is 1.38. The molecule has 0 amide bonds. The minimum Gasteiger partial charge on any atom is -0.377 e. The quantitative estimate of drug-likeness (QED) is 0.820. The van der Waals surface area contributed by atoms with E-state index >= 15 is 0 Å². The maximum atomic E-state index is 5.61. The lowest BCUT2D eigenvalue weighted by Crippen LogP contribution is -2.39. The van der Waals surface area contributed by atoms with Gasteiger partial charge in [-0.15, -0.1) is 11.3 Å². The van der Waals surface area contributed by atoms with Gasteiger partial charge in [-0.1, -0.05) is 0 Å². The Kier molecular flexibility index (Phi) is 6.29. The van der Waals surface area contributed by atoms with Gasteiger partial charge in [0.1, 0.15) is 0 Å². The first-order chi connectivity index (χ1) is 9.15. The van der Waals surface area contributed by atoms with Gasteiger partial charge >= 0.3 is 0 Å². The summed E-state index contributed by atoms with van der Waals surface area (Å²) in [6.45, 7) is 6.22. The molecule has 2 atom stereocenters. The largest absolute Gasteiger partial charge is 0.377 e. The van der Waals surface area contributed by atoms with Gasteiger partial charge in [-0.05, 0) is 59.8 Å². The first-order valence-corrected chi connectivity index (χ1v) is 8.58. The molecule has 0 aromatic carbocycles. The van der Waals surface area contributed by atoms with Crippen molar-refractivity contribution in [2.45, 2.75) is 38.5 Å². The Morgan fingerprint density at radius 1 is 1.63 bits per heavy atom. The molecule has 1 aromatic heterocycles. The van der Waals surface area contributed by atoms with Gasteiger partial charge in [0.2, 0.25) is 0 Å². The summed E-state index contributed by atoms with van der Waals surface area (Å²) in [6, 6.07) is 2.73. The van der Waals surface area contributed by atoms with Crippen molar-refractivity contribution in [1.82, 2.24) is 10.2 Å². The normalized spacial score (nSPS) is 21.2. The summed E-state index contributed by atoms with van der Waals surface area (Å²) in [6.07, 6.45) is 2.86. The average molecular weight is 347 g/mol. The molecule has 2 heterocycles. The Labute approximate surface area is 128 Å². The number of hydrogen-bond donors (Lipinski definition) is 1. The van der Waals surface area contributed by atoms with Crippen molar-refractivity contribution in [3.8, 4) is 0 Å². The predicted octanol–water partition coefficient (Wildman–Crippen LogP) is 3.10. The zero-order valence-corrected chi connectivity index (χ0v) is 14.1. The SMILES string of the molecule is CC(CNCC1CCCO1)N(C)Cc1csc(Br)c1. The van der Waals surface area contributed by atoms with Crippen LogP contribution in [0.1, 0.15) is 25.3 Å². The lowest BCUT2D eigenvalue weighted by atomic mass is 10.2. The molecule has 0 bridgehead atoms. The molecule has 19 heavy (non-hydrogen) atoms. The fourth-order valence-electron chi connectivity index (χ4n) is 2.29. The van der Waals surface area contributed by atoms with Crippen molar-refractivity contribution < 1.29 is 4.74 Å². The van der Waals surface area contributed by atoms with Gasteiger partial charge in [0.25, 0.3) is 0 Å². The van der Waals surface area contributed by atoms with E-state index in [4.69, 9.17) is 4.74 Å². The van der Waals surface area contributed by atoms with E-state index in [1.54, 1.807) is 11.3 Å². The Morgan fingerprint density at radius 2 is 2.47 bits per heavy atom. The summed E-state index contributed by atoms with van der Waals surface area (Å²) < 4.78 is 6.82. The third-order valence-electron chi connectivity index (χ3n) is 3.64. The zero-order chi connectivity index (χ0) is 13.7. The Morgan fingerprint density at radius 3 is 3.11 bits per heavy atom. The Bertz CT molecular complexity index is 379. The molecule has 1 aromatic rings. The first kappa shape index (κ1) is 15.4.